The molecule has 0 radical (unpaired) electrons. The van der Waals surface area contributed by atoms with Gasteiger partial charge in [0.25, 0.3) is 0 Å². The molecule has 0 N–H and O–H groups in total. The van der Waals surface area contributed by atoms with Gasteiger partial charge >= 0.3 is 0 Å². The van der Waals surface area contributed by atoms with Crippen molar-refractivity contribution in [2.45, 2.75) is 40.5 Å². The number of nitrogens with zero attached hydrogens (tertiary/aromatic N) is 1. The van der Waals surface area contributed by atoms with Crippen LogP contribution in [0.25, 0.3) is 0 Å². The van der Waals surface area contributed by atoms with Crippen LogP contribution < -0.4 is 0 Å². The van der Waals surface area contributed by atoms with Crippen LogP contribution in [0.5, 0.6) is 0 Å². The van der Waals surface area contributed by atoms with Crippen LogP contribution in [0.3, 0.4) is 0 Å². The highest BCUT2D eigenvalue weighted by Gasteiger charge is 1.98. The van der Waals surface area contributed by atoms with Gasteiger partial charge in [-0.1, -0.05) is 25.5 Å². The molecule has 1 nitrogen and oxygen atoms in total. The monoisotopic (exact) mass is 165 g/mol. The first-order chi connectivity index (χ1) is 5.63. The fourth-order valence-electron chi connectivity index (χ4n) is 1.04. The van der Waals surface area contributed by atoms with Gasteiger partial charge in [-0.3, -0.25) is 4.99 Å². The van der Waals surface area contributed by atoms with E-state index in [0.29, 0.717) is 0 Å². The molecule has 0 aliphatic carbocycles. The SMILES string of the molecule is C=C(CCC)/C(C)=C(C)/N=C\C. The number of rotatable bonds is 4. The third kappa shape index (κ3) is 3.51. The topological polar surface area (TPSA) is 12.4 Å². The first-order valence-corrected chi connectivity index (χ1v) is 4.47. The summed E-state index contributed by atoms with van der Waals surface area (Å²) in [6.45, 7) is 12.2. The minimum atomic E-state index is 1.07. The van der Waals surface area contributed by atoms with E-state index in [1.54, 1.807) is 0 Å². The number of allylic oxidation sites excluding steroid dienone is 3. The van der Waals surface area contributed by atoms with Gasteiger partial charge < -0.3 is 0 Å². The van der Waals surface area contributed by atoms with Crippen LogP contribution in [0.1, 0.15) is 40.5 Å². The second-order valence-corrected chi connectivity index (χ2v) is 2.95. The van der Waals surface area contributed by atoms with E-state index >= 15 is 0 Å². The highest BCUT2D eigenvalue weighted by Crippen LogP contribution is 2.17. The van der Waals surface area contributed by atoms with Crippen LogP contribution in [-0.4, -0.2) is 6.21 Å². The van der Waals surface area contributed by atoms with Gasteiger partial charge in [-0.2, -0.15) is 0 Å². The summed E-state index contributed by atoms with van der Waals surface area (Å²) < 4.78 is 0. The Bertz CT molecular complexity index is 209. The molecule has 0 heterocycles. The average Bonchev–Trinajstić information content (AvgIpc) is 2.04. The van der Waals surface area contributed by atoms with Crippen LogP contribution in [-0.2, 0) is 0 Å². The van der Waals surface area contributed by atoms with Gasteiger partial charge in [-0.25, -0.2) is 0 Å². The van der Waals surface area contributed by atoms with Crippen LogP contribution in [0.4, 0.5) is 0 Å². The van der Waals surface area contributed by atoms with Crippen molar-refractivity contribution in [1.29, 1.82) is 0 Å². The van der Waals surface area contributed by atoms with E-state index in [0.717, 1.165) is 18.5 Å². The highest BCUT2D eigenvalue weighted by atomic mass is 14.7. The third-order valence-electron chi connectivity index (χ3n) is 1.95. The molecule has 0 rings (SSSR count). The molecule has 12 heavy (non-hydrogen) atoms. The molecule has 68 valence electrons. The summed E-state index contributed by atoms with van der Waals surface area (Å²) in [5.41, 5.74) is 3.52. The van der Waals surface area contributed by atoms with E-state index in [9.17, 15) is 0 Å². The Morgan fingerprint density at radius 3 is 2.42 bits per heavy atom. The second-order valence-electron chi connectivity index (χ2n) is 2.95. The van der Waals surface area contributed by atoms with Crippen molar-refractivity contribution in [2.75, 3.05) is 0 Å². The molecule has 0 aromatic carbocycles. The van der Waals surface area contributed by atoms with Crippen LogP contribution in [0, 0.1) is 0 Å². The van der Waals surface area contributed by atoms with Gasteiger partial charge in [-0.15, -0.1) is 0 Å². The minimum Gasteiger partial charge on any atom is -0.266 e. The van der Waals surface area contributed by atoms with E-state index in [2.05, 4.69) is 25.4 Å². The van der Waals surface area contributed by atoms with Crippen molar-refractivity contribution >= 4 is 6.21 Å². The van der Waals surface area contributed by atoms with Gasteiger partial charge in [0.2, 0.25) is 0 Å². The normalized spacial score (nSPS) is 13.3. The minimum absolute atomic E-state index is 1.07. The first kappa shape index (κ1) is 11.2. The van der Waals surface area contributed by atoms with E-state index in [1.807, 2.05) is 20.1 Å². The predicted octanol–water partition coefficient (Wildman–Crippen LogP) is 3.73. The zero-order valence-corrected chi connectivity index (χ0v) is 8.65. The Balaban J connectivity index is 4.43. The second kappa shape index (κ2) is 5.76. The standard InChI is InChI=1S/C11H19N/c1-6-8-9(3)10(4)11(5)12-7-2/h7H,3,6,8H2,1-2,4-5H3/b11-10+,12-7-. The molecule has 1 heteroatoms. The van der Waals surface area contributed by atoms with Gasteiger partial charge in [0.05, 0.1) is 0 Å². The number of hydrogen-bond donors (Lipinski definition) is 0. The summed E-state index contributed by atoms with van der Waals surface area (Å²) >= 11 is 0. The summed E-state index contributed by atoms with van der Waals surface area (Å²) in [5.74, 6) is 0. The molecule has 0 saturated carbocycles. The smallest absolute Gasteiger partial charge is 0.0400 e. The molecule has 0 fully saturated rings. The molecule has 0 amide bonds. The highest BCUT2D eigenvalue weighted by molar-refractivity contribution is 5.55. The Hall–Kier alpha value is -0.850. The Kier molecular flexibility index (Phi) is 5.35. The molecular weight excluding hydrogens is 146 g/mol. The quantitative estimate of drug-likeness (QED) is 0.444. The summed E-state index contributed by atoms with van der Waals surface area (Å²) in [5, 5.41) is 0. The predicted molar refractivity (Wildman–Crippen MR) is 56.6 cm³/mol. The maximum atomic E-state index is 4.22. The lowest BCUT2D eigenvalue weighted by atomic mass is 10.0. The van der Waals surface area contributed by atoms with Crippen molar-refractivity contribution in [3.05, 3.63) is 23.4 Å². The lowest BCUT2D eigenvalue weighted by molar-refractivity contribution is 0.909. The fraction of sp³-hybridized carbons (Fsp3) is 0.545. The lowest BCUT2D eigenvalue weighted by Gasteiger charge is -2.05. The molecular formula is C11H19N. The van der Waals surface area contributed by atoms with Gasteiger partial charge in [0.15, 0.2) is 0 Å². The zero-order valence-electron chi connectivity index (χ0n) is 8.65. The molecule has 0 aliphatic rings. The van der Waals surface area contributed by atoms with Crippen molar-refractivity contribution in [2.24, 2.45) is 4.99 Å². The van der Waals surface area contributed by atoms with Crippen molar-refractivity contribution in [3.63, 3.8) is 0 Å². The maximum absolute atomic E-state index is 4.22. The lowest BCUT2D eigenvalue weighted by Crippen LogP contribution is -1.87. The summed E-state index contributed by atoms with van der Waals surface area (Å²) in [6.07, 6.45) is 4.04. The van der Waals surface area contributed by atoms with E-state index in [-0.39, 0.29) is 0 Å². The van der Waals surface area contributed by atoms with Crippen LogP contribution in [0.15, 0.2) is 28.4 Å². The van der Waals surface area contributed by atoms with Crippen molar-refractivity contribution in [3.8, 4) is 0 Å². The van der Waals surface area contributed by atoms with E-state index < -0.39 is 0 Å². The van der Waals surface area contributed by atoms with Gasteiger partial charge in [0.1, 0.15) is 0 Å². The van der Waals surface area contributed by atoms with Gasteiger partial charge in [-0.05, 0) is 32.8 Å². The first-order valence-electron chi connectivity index (χ1n) is 4.47. The van der Waals surface area contributed by atoms with Crippen LogP contribution >= 0.6 is 0 Å². The summed E-state index contributed by atoms with van der Waals surface area (Å²) in [4.78, 5) is 4.22. The molecule has 0 spiro atoms. The Morgan fingerprint density at radius 2 is 2.00 bits per heavy atom. The molecule has 0 aromatic heterocycles. The number of aliphatic imine (C=N–C) groups is 1. The fourth-order valence-corrected chi connectivity index (χ4v) is 1.04. The molecule has 0 bridgehead atoms. The van der Waals surface area contributed by atoms with Gasteiger partial charge in [0, 0.05) is 11.9 Å². The molecule has 0 aromatic rings. The van der Waals surface area contributed by atoms with Crippen molar-refractivity contribution in [1.82, 2.24) is 0 Å². The molecule has 0 unspecified atom stereocenters. The van der Waals surface area contributed by atoms with E-state index in [1.165, 1.54) is 11.1 Å². The van der Waals surface area contributed by atoms with Crippen molar-refractivity contribution < 1.29 is 0 Å². The third-order valence-corrected chi connectivity index (χ3v) is 1.95. The average molecular weight is 165 g/mol. The maximum Gasteiger partial charge on any atom is 0.0400 e. The Labute approximate surface area is 75.9 Å². The molecule has 0 aliphatic heterocycles. The van der Waals surface area contributed by atoms with Crippen LogP contribution in [0.2, 0.25) is 0 Å². The molecule has 0 saturated heterocycles. The number of hydrogen-bond acceptors (Lipinski definition) is 1. The molecule has 0 atom stereocenters. The zero-order chi connectivity index (χ0) is 9.56. The summed E-state index contributed by atoms with van der Waals surface area (Å²) in [6, 6.07) is 0. The largest absolute Gasteiger partial charge is 0.266 e. The Morgan fingerprint density at radius 1 is 1.42 bits per heavy atom. The van der Waals surface area contributed by atoms with E-state index in [4.69, 9.17) is 0 Å². The summed E-state index contributed by atoms with van der Waals surface area (Å²) in [7, 11) is 0.